The third-order valence-electron chi connectivity index (χ3n) is 4.34. The van der Waals surface area contributed by atoms with E-state index < -0.39 is 11.6 Å². The summed E-state index contributed by atoms with van der Waals surface area (Å²) >= 11 is 0. The zero-order valence-electron chi connectivity index (χ0n) is 14.2. The minimum Gasteiger partial charge on any atom is -0.385 e. The van der Waals surface area contributed by atoms with Crippen molar-refractivity contribution in [3.8, 4) is 0 Å². The van der Waals surface area contributed by atoms with Gasteiger partial charge in [0.15, 0.2) is 5.78 Å². The fourth-order valence-corrected chi connectivity index (χ4v) is 2.70. The van der Waals surface area contributed by atoms with E-state index in [4.69, 9.17) is 0 Å². The monoisotopic (exact) mass is 343 g/mol. The standard InChI is InChI=1S/C12H10FNO2.C8H12O/c13-9-3-1-8(2-4-9)12-10(7-15)11(16)5-6-14-12;1-2-8(9)6-4-3-5-7-8/h1-4,12,14H,5-6H2;3-6,9H,2,7H2,1H3. The van der Waals surface area contributed by atoms with Crippen LogP contribution >= 0.6 is 0 Å². The molecule has 2 aliphatic rings. The highest BCUT2D eigenvalue weighted by molar-refractivity contribution is 6.04. The van der Waals surface area contributed by atoms with E-state index in [0.29, 0.717) is 18.5 Å². The van der Waals surface area contributed by atoms with Crippen LogP contribution in [0.15, 0.2) is 54.1 Å². The second-order valence-electron chi connectivity index (χ2n) is 6.08. The number of hydrogen-bond donors (Lipinski definition) is 2. The van der Waals surface area contributed by atoms with Crippen molar-refractivity contribution in [3.05, 3.63) is 65.5 Å². The van der Waals surface area contributed by atoms with Gasteiger partial charge in [-0.05, 0) is 30.5 Å². The van der Waals surface area contributed by atoms with E-state index in [0.717, 1.165) is 12.8 Å². The third kappa shape index (κ3) is 5.07. The van der Waals surface area contributed by atoms with Crippen LogP contribution in [0, 0.1) is 5.82 Å². The molecule has 2 atom stereocenters. The smallest absolute Gasteiger partial charge is 0.173 e. The van der Waals surface area contributed by atoms with Gasteiger partial charge in [-0.1, -0.05) is 43.4 Å². The number of carbonyl (C=O) groups is 1. The van der Waals surface area contributed by atoms with E-state index in [1.807, 2.05) is 31.2 Å². The maximum absolute atomic E-state index is 12.7. The number of hydrogen-bond acceptors (Lipinski definition) is 4. The number of benzene rings is 1. The molecular formula is C20H22FNO3. The van der Waals surface area contributed by atoms with Crippen LogP contribution < -0.4 is 5.32 Å². The van der Waals surface area contributed by atoms with E-state index in [9.17, 15) is 19.1 Å². The van der Waals surface area contributed by atoms with E-state index >= 15 is 0 Å². The highest BCUT2D eigenvalue weighted by atomic mass is 19.1. The summed E-state index contributed by atoms with van der Waals surface area (Å²) in [6.07, 6.45) is 9.57. The Morgan fingerprint density at radius 2 is 2.04 bits per heavy atom. The van der Waals surface area contributed by atoms with Gasteiger partial charge >= 0.3 is 0 Å². The molecule has 0 spiro atoms. The minimum atomic E-state index is -0.547. The molecule has 2 unspecified atom stereocenters. The molecule has 0 amide bonds. The van der Waals surface area contributed by atoms with Crippen LogP contribution in [-0.4, -0.2) is 29.0 Å². The summed E-state index contributed by atoms with van der Waals surface area (Å²) in [5, 5.41) is 12.6. The maximum atomic E-state index is 12.7. The van der Waals surface area contributed by atoms with Crippen molar-refractivity contribution in [2.75, 3.05) is 6.54 Å². The van der Waals surface area contributed by atoms with E-state index in [-0.39, 0.29) is 17.2 Å². The summed E-state index contributed by atoms with van der Waals surface area (Å²) in [5.41, 5.74) is 0.250. The average molecular weight is 343 g/mol. The van der Waals surface area contributed by atoms with Crippen molar-refractivity contribution in [2.45, 2.75) is 37.8 Å². The molecule has 0 saturated carbocycles. The SMILES string of the molecule is CCC1(O)C=CC=CC1.O=C=C1C(=O)CCNC1c1ccc(F)cc1. The van der Waals surface area contributed by atoms with Gasteiger partial charge in [-0.2, -0.15) is 0 Å². The molecule has 1 fully saturated rings. The Balaban J connectivity index is 0.000000212. The largest absolute Gasteiger partial charge is 0.385 e. The van der Waals surface area contributed by atoms with E-state index in [1.165, 1.54) is 12.1 Å². The number of Topliss-reactive ketones (excluding diaryl/α,β-unsaturated/α-hetero) is 1. The molecule has 4 nitrogen and oxygen atoms in total. The van der Waals surface area contributed by atoms with Crippen molar-refractivity contribution in [3.63, 3.8) is 0 Å². The molecule has 132 valence electrons. The zero-order chi connectivity index (χ0) is 18.3. The number of nitrogens with one attached hydrogen (secondary N) is 1. The van der Waals surface area contributed by atoms with Gasteiger partial charge in [0.2, 0.25) is 0 Å². The second kappa shape index (κ2) is 8.67. The first-order valence-electron chi connectivity index (χ1n) is 8.33. The van der Waals surface area contributed by atoms with Gasteiger partial charge in [-0.15, -0.1) is 0 Å². The first-order valence-corrected chi connectivity index (χ1v) is 8.33. The Kier molecular flexibility index (Phi) is 6.59. The molecule has 1 aromatic rings. The normalized spacial score (nSPS) is 25.2. The van der Waals surface area contributed by atoms with Crippen LogP contribution in [0.3, 0.4) is 0 Å². The number of carbonyl (C=O) groups excluding carboxylic acids is 2. The number of allylic oxidation sites excluding steroid dienone is 2. The lowest BCUT2D eigenvalue weighted by atomic mass is 9.92. The van der Waals surface area contributed by atoms with Crippen LogP contribution in [0.25, 0.3) is 0 Å². The van der Waals surface area contributed by atoms with Crippen LogP contribution in [0.5, 0.6) is 0 Å². The van der Waals surface area contributed by atoms with Crippen LogP contribution in [0.4, 0.5) is 4.39 Å². The van der Waals surface area contributed by atoms with Gasteiger partial charge in [0.05, 0.1) is 11.6 Å². The van der Waals surface area contributed by atoms with Crippen molar-refractivity contribution in [1.82, 2.24) is 5.32 Å². The lowest BCUT2D eigenvalue weighted by Crippen LogP contribution is -2.34. The van der Waals surface area contributed by atoms with Gasteiger partial charge in [0.25, 0.3) is 0 Å². The summed E-state index contributed by atoms with van der Waals surface area (Å²) in [7, 11) is 0. The summed E-state index contributed by atoms with van der Waals surface area (Å²) < 4.78 is 12.7. The number of halogens is 1. The van der Waals surface area contributed by atoms with Crippen molar-refractivity contribution < 1.29 is 19.1 Å². The molecule has 2 N–H and O–H groups in total. The highest BCUT2D eigenvalue weighted by Crippen LogP contribution is 2.24. The average Bonchev–Trinajstić information content (AvgIpc) is 2.63. The van der Waals surface area contributed by atoms with Gasteiger partial charge in [-0.25, -0.2) is 9.18 Å². The number of ketones is 1. The lowest BCUT2D eigenvalue weighted by Gasteiger charge is -2.23. The molecule has 5 heteroatoms. The molecule has 25 heavy (non-hydrogen) atoms. The summed E-state index contributed by atoms with van der Waals surface area (Å²) in [6.45, 7) is 2.51. The Morgan fingerprint density at radius 1 is 1.32 bits per heavy atom. The lowest BCUT2D eigenvalue weighted by molar-refractivity contribution is -0.116. The molecule has 1 heterocycles. The summed E-state index contributed by atoms with van der Waals surface area (Å²) in [6, 6.07) is 5.27. The number of aliphatic hydroxyl groups is 1. The molecule has 0 aromatic heterocycles. The molecule has 1 aliphatic carbocycles. The van der Waals surface area contributed by atoms with Crippen LogP contribution in [0.1, 0.15) is 37.8 Å². The van der Waals surface area contributed by atoms with Gasteiger partial charge in [0, 0.05) is 13.0 Å². The second-order valence-corrected chi connectivity index (χ2v) is 6.08. The third-order valence-corrected chi connectivity index (χ3v) is 4.34. The van der Waals surface area contributed by atoms with Crippen molar-refractivity contribution in [1.29, 1.82) is 0 Å². The molecule has 3 rings (SSSR count). The fourth-order valence-electron chi connectivity index (χ4n) is 2.70. The maximum Gasteiger partial charge on any atom is 0.173 e. The Hall–Kier alpha value is -2.33. The topological polar surface area (TPSA) is 66.4 Å². The summed E-state index contributed by atoms with van der Waals surface area (Å²) in [4.78, 5) is 22.2. The first kappa shape index (κ1) is 19.0. The number of piperidine rings is 1. The zero-order valence-corrected chi connectivity index (χ0v) is 14.2. The highest BCUT2D eigenvalue weighted by Gasteiger charge is 2.27. The van der Waals surface area contributed by atoms with Crippen LogP contribution in [0.2, 0.25) is 0 Å². The van der Waals surface area contributed by atoms with Crippen molar-refractivity contribution >= 4 is 11.7 Å². The van der Waals surface area contributed by atoms with Crippen molar-refractivity contribution in [2.24, 2.45) is 0 Å². The first-order chi connectivity index (χ1) is 12.0. The predicted molar refractivity (Wildman–Crippen MR) is 94.1 cm³/mol. The molecule has 1 saturated heterocycles. The Bertz CT molecular complexity index is 717. The molecule has 1 aromatic carbocycles. The Labute approximate surface area is 146 Å². The Morgan fingerprint density at radius 3 is 2.56 bits per heavy atom. The quantitative estimate of drug-likeness (QED) is 0.640. The van der Waals surface area contributed by atoms with E-state index in [2.05, 4.69) is 5.32 Å². The molecule has 1 aliphatic heterocycles. The van der Waals surface area contributed by atoms with Gasteiger partial charge in [-0.3, -0.25) is 4.79 Å². The number of rotatable bonds is 2. The summed E-state index contributed by atoms with van der Waals surface area (Å²) in [5.74, 6) is 1.14. The van der Waals surface area contributed by atoms with Gasteiger partial charge in [0.1, 0.15) is 17.3 Å². The molecule has 0 radical (unpaired) electrons. The fraction of sp³-hybridized carbons (Fsp3) is 0.350. The minimum absolute atomic E-state index is 0.0952. The van der Waals surface area contributed by atoms with Crippen LogP contribution in [-0.2, 0) is 9.59 Å². The van der Waals surface area contributed by atoms with Gasteiger partial charge < -0.3 is 10.4 Å². The molecule has 0 bridgehead atoms. The predicted octanol–water partition coefficient (Wildman–Crippen LogP) is 2.83. The molecular weight excluding hydrogens is 321 g/mol. The van der Waals surface area contributed by atoms with E-state index in [1.54, 1.807) is 18.1 Å².